The van der Waals surface area contributed by atoms with Crippen molar-refractivity contribution in [1.82, 2.24) is 20.2 Å². The molecular weight excluding hydrogens is 335 g/mol. The van der Waals surface area contributed by atoms with Crippen LogP contribution in [0.25, 0.3) is 11.4 Å². The molecule has 0 aliphatic heterocycles. The van der Waals surface area contributed by atoms with E-state index in [2.05, 4.69) is 20.2 Å². The third-order valence-electron chi connectivity index (χ3n) is 3.18. The van der Waals surface area contributed by atoms with Gasteiger partial charge in [-0.2, -0.15) is 5.10 Å². The Labute approximate surface area is 143 Å². The third kappa shape index (κ3) is 4.21. The van der Waals surface area contributed by atoms with Gasteiger partial charge in [0.2, 0.25) is 0 Å². The van der Waals surface area contributed by atoms with Crippen LogP contribution in [0.1, 0.15) is 12.2 Å². The fourth-order valence-corrected chi connectivity index (χ4v) is 2.51. The van der Waals surface area contributed by atoms with Crippen LogP contribution in [0.3, 0.4) is 0 Å². The molecule has 0 radical (unpaired) electrons. The maximum atomic E-state index is 6.05. The Morgan fingerprint density at radius 3 is 2.70 bits per heavy atom. The van der Waals surface area contributed by atoms with Gasteiger partial charge in [-0.3, -0.25) is 10.1 Å². The van der Waals surface area contributed by atoms with E-state index in [1.54, 1.807) is 30.6 Å². The van der Waals surface area contributed by atoms with Gasteiger partial charge >= 0.3 is 0 Å². The monoisotopic (exact) mass is 348 g/mol. The number of nitrogens with one attached hydrogen (secondary N) is 1. The first-order valence-corrected chi connectivity index (χ1v) is 7.87. The van der Waals surface area contributed by atoms with Crippen LogP contribution in [0.15, 0.2) is 42.7 Å². The lowest BCUT2D eigenvalue weighted by molar-refractivity contribution is 0.310. The molecule has 3 rings (SSSR count). The largest absolute Gasteiger partial charge is 0.492 e. The topological polar surface area (TPSA) is 63.7 Å². The van der Waals surface area contributed by atoms with Crippen LogP contribution >= 0.6 is 23.2 Å². The van der Waals surface area contributed by atoms with Gasteiger partial charge in [0, 0.05) is 29.4 Å². The van der Waals surface area contributed by atoms with Gasteiger partial charge in [0.25, 0.3) is 0 Å². The number of hydrogen-bond donors (Lipinski definition) is 1. The van der Waals surface area contributed by atoms with Gasteiger partial charge in [-0.15, -0.1) is 0 Å². The van der Waals surface area contributed by atoms with E-state index in [-0.39, 0.29) is 0 Å². The molecular formula is C16H14Cl2N4O. The average molecular weight is 349 g/mol. The molecule has 0 bridgehead atoms. The van der Waals surface area contributed by atoms with E-state index in [1.165, 1.54) is 0 Å². The number of aryl methyl sites for hydroxylation is 1. The highest BCUT2D eigenvalue weighted by atomic mass is 35.5. The number of H-pyrrole nitrogens is 1. The second-order valence-electron chi connectivity index (χ2n) is 4.87. The highest BCUT2D eigenvalue weighted by Gasteiger charge is 2.06. The number of rotatable bonds is 6. The van der Waals surface area contributed by atoms with Crippen molar-refractivity contribution in [2.45, 2.75) is 12.8 Å². The molecule has 0 saturated heterocycles. The fourth-order valence-electron chi connectivity index (χ4n) is 2.05. The number of aromatic nitrogens is 4. The third-order valence-corrected chi connectivity index (χ3v) is 3.71. The van der Waals surface area contributed by atoms with Crippen LogP contribution in [0.2, 0.25) is 10.0 Å². The summed E-state index contributed by atoms with van der Waals surface area (Å²) in [6, 6.07) is 8.92. The number of ether oxygens (including phenoxy) is 1. The molecule has 2 aromatic heterocycles. The van der Waals surface area contributed by atoms with Gasteiger partial charge in [-0.1, -0.05) is 23.2 Å². The summed E-state index contributed by atoms with van der Waals surface area (Å²) in [5, 5.41) is 8.25. The maximum absolute atomic E-state index is 6.05. The number of halogens is 2. The van der Waals surface area contributed by atoms with Crippen molar-refractivity contribution < 1.29 is 4.74 Å². The second-order valence-corrected chi connectivity index (χ2v) is 5.71. The highest BCUT2D eigenvalue weighted by molar-refractivity contribution is 6.35. The van der Waals surface area contributed by atoms with Gasteiger partial charge < -0.3 is 4.74 Å². The molecule has 0 atom stereocenters. The highest BCUT2D eigenvalue weighted by Crippen LogP contribution is 2.27. The van der Waals surface area contributed by atoms with Crippen molar-refractivity contribution in [2.75, 3.05) is 6.61 Å². The van der Waals surface area contributed by atoms with Gasteiger partial charge in [-0.05, 0) is 36.8 Å². The molecule has 3 aromatic rings. The summed E-state index contributed by atoms with van der Waals surface area (Å²) in [5.74, 6) is 2.12. The second kappa shape index (κ2) is 7.44. The summed E-state index contributed by atoms with van der Waals surface area (Å²) in [7, 11) is 0. The number of benzene rings is 1. The Kier molecular flexibility index (Phi) is 5.10. The molecule has 2 heterocycles. The summed E-state index contributed by atoms with van der Waals surface area (Å²) in [6.45, 7) is 0.534. The molecule has 0 aliphatic carbocycles. The van der Waals surface area contributed by atoms with E-state index in [4.69, 9.17) is 27.9 Å². The van der Waals surface area contributed by atoms with Crippen molar-refractivity contribution in [3.8, 4) is 17.1 Å². The Hall–Kier alpha value is -2.11. The molecule has 0 aliphatic rings. The van der Waals surface area contributed by atoms with Crippen molar-refractivity contribution in [3.05, 3.63) is 58.6 Å². The first-order chi connectivity index (χ1) is 11.2. The van der Waals surface area contributed by atoms with Gasteiger partial charge in [0.05, 0.1) is 11.6 Å². The SMILES string of the molecule is Clc1ccc(OCCCc2nc(-c3ccncc3)n[nH]2)c(Cl)c1. The van der Waals surface area contributed by atoms with Gasteiger partial charge in [0.15, 0.2) is 5.82 Å². The van der Waals surface area contributed by atoms with Gasteiger partial charge in [0.1, 0.15) is 11.6 Å². The van der Waals surface area contributed by atoms with Crippen molar-refractivity contribution in [3.63, 3.8) is 0 Å². The molecule has 0 amide bonds. The first kappa shape index (κ1) is 15.8. The van der Waals surface area contributed by atoms with Crippen LogP contribution in [-0.2, 0) is 6.42 Å². The van der Waals surface area contributed by atoms with Crippen LogP contribution < -0.4 is 4.74 Å². The van der Waals surface area contributed by atoms with E-state index in [0.717, 1.165) is 24.2 Å². The van der Waals surface area contributed by atoms with Crippen LogP contribution in [-0.4, -0.2) is 26.8 Å². The zero-order valence-corrected chi connectivity index (χ0v) is 13.7. The molecule has 118 valence electrons. The summed E-state index contributed by atoms with van der Waals surface area (Å²) in [4.78, 5) is 8.44. The Bertz CT molecular complexity index is 777. The normalized spacial score (nSPS) is 10.7. The first-order valence-electron chi connectivity index (χ1n) is 7.12. The summed E-state index contributed by atoms with van der Waals surface area (Å²) < 4.78 is 5.64. The van der Waals surface area contributed by atoms with Crippen LogP contribution in [0, 0.1) is 0 Å². The quantitative estimate of drug-likeness (QED) is 0.678. The predicted octanol–water partition coefficient (Wildman–Crippen LogP) is 4.19. The van der Waals surface area contributed by atoms with E-state index in [0.29, 0.717) is 28.2 Å². The van der Waals surface area contributed by atoms with Crippen LogP contribution in [0.4, 0.5) is 0 Å². The van der Waals surface area contributed by atoms with Crippen molar-refractivity contribution >= 4 is 23.2 Å². The molecule has 7 heteroatoms. The van der Waals surface area contributed by atoms with E-state index in [1.807, 2.05) is 12.1 Å². The Morgan fingerprint density at radius 2 is 1.91 bits per heavy atom. The maximum Gasteiger partial charge on any atom is 0.181 e. The molecule has 5 nitrogen and oxygen atoms in total. The van der Waals surface area contributed by atoms with Gasteiger partial charge in [-0.25, -0.2) is 4.98 Å². The smallest absolute Gasteiger partial charge is 0.181 e. The molecule has 1 N–H and O–H groups in total. The zero-order valence-electron chi connectivity index (χ0n) is 12.2. The molecule has 0 saturated carbocycles. The number of pyridine rings is 1. The van der Waals surface area contributed by atoms with E-state index in [9.17, 15) is 0 Å². The van der Waals surface area contributed by atoms with Crippen molar-refractivity contribution in [1.29, 1.82) is 0 Å². The number of nitrogens with zero attached hydrogens (tertiary/aromatic N) is 3. The Balaban J connectivity index is 1.50. The Morgan fingerprint density at radius 1 is 1.09 bits per heavy atom. The molecule has 23 heavy (non-hydrogen) atoms. The number of hydrogen-bond acceptors (Lipinski definition) is 4. The summed E-state index contributed by atoms with van der Waals surface area (Å²) in [5.41, 5.74) is 0.937. The molecule has 0 spiro atoms. The van der Waals surface area contributed by atoms with Crippen molar-refractivity contribution in [2.24, 2.45) is 0 Å². The lowest BCUT2D eigenvalue weighted by Gasteiger charge is -2.07. The van der Waals surface area contributed by atoms with E-state index < -0.39 is 0 Å². The van der Waals surface area contributed by atoms with Crippen LogP contribution in [0.5, 0.6) is 5.75 Å². The molecule has 1 aromatic carbocycles. The van der Waals surface area contributed by atoms with E-state index >= 15 is 0 Å². The minimum atomic E-state index is 0.511. The lowest BCUT2D eigenvalue weighted by atomic mass is 10.2. The zero-order chi connectivity index (χ0) is 16.1. The fraction of sp³-hybridized carbons (Fsp3) is 0.188. The lowest BCUT2D eigenvalue weighted by Crippen LogP contribution is -2.00. The molecule has 0 unspecified atom stereocenters. The summed E-state index contributed by atoms with van der Waals surface area (Å²) in [6.07, 6.45) is 4.97. The average Bonchev–Trinajstić information content (AvgIpc) is 3.03. The number of aromatic amines is 1. The minimum absolute atomic E-state index is 0.511. The molecule has 0 fully saturated rings. The predicted molar refractivity (Wildman–Crippen MR) is 89.9 cm³/mol. The summed E-state index contributed by atoms with van der Waals surface area (Å²) >= 11 is 11.9. The minimum Gasteiger partial charge on any atom is -0.492 e. The standard InChI is InChI=1S/C16H14Cl2N4O/c17-12-3-4-14(13(18)10-12)23-9-1-2-15-20-16(22-21-15)11-5-7-19-8-6-11/h3-8,10H,1-2,9H2,(H,20,21,22).